The fourth-order valence-corrected chi connectivity index (χ4v) is 3.93. The maximum Gasteiger partial charge on any atom is 0.224 e. The van der Waals surface area contributed by atoms with Crippen molar-refractivity contribution in [1.29, 1.82) is 0 Å². The third-order valence-electron chi connectivity index (χ3n) is 4.73. The monoisotopic (exact) mass is 372 g/mol. The van der Waals surface area contributed by atoms with Gasteiger partial charge in [0.15, 0.2) is 0 Å². The molecule has 1 saturated heterocycles. The normalized spacial score (nSPS) is 17.3. The van der Waals surface area contributed by atoms with Crippen molar-refractivity contribution in [3.63, 3.8) is 0 Å². The molecule has 7 heteroatoms. The molecule has 1 N–H and O–H groups in total. The van der Waals surface area contributed by atoms with Gasteiger partial charge in [0, 0.05) is 55.7 Å². The molecule has 1 aliphatic heterocycles. The summed E-state index contributed by atoms with van der Waals surface area (Å²) in [5.74, 6) is 0.0479. The average molecular weight is 372 g/mol. The Labute approximate surface area is 157 Å². The van der Waals surface area contributed by atoms with E-state index in [1.54, 1.807) is 22.4 Å². The Morgan fingerprint density at radius 2 is 2.23 bits per heavy atom. The van der Waals surface area contributed by atoms with Crippen molar-refractivity contribution in [3.8, 4) is 0 Å². The van der Waals surface area contributed by atoms with Gasteiger partial charge < -0.3 is 10.2 Å². The molecule has 3 heterocycles. The number of nitrogens with zero attached hydrogens (tertiary/aromatic N) is 3. The van der Waals surface area contributed by atoms with Gasteiger partial charge in [-0.25, -0.2) is 4.98 Å². The van der Waals surface area contributed by atoms with E-state index in [0.29, 0.717) is 38.9 Å². The Morgan fingerprint density at radius 3 is 2.96 bits per heavy atom. The van der Waals surface area contributed by atoms with Crippen molar-refractivity contribution >= 4 is 23.2 Å². The molecule has 3 rings (SSSR count). The van der Waals surface area contributed by atoms with E-state index in [0.717, 1.165) is 17.8 Å². The van der Waals surface area contributed by atoms with Crippen LogP contribution in [-0.2, 0) is 22.4 Å². The largest absolute Gasteiger partial charge is 0.355 e. The van der Waals surface area contributed by atoms with E-state index in [1.165, 1.54) is 4.88 Å². The van der Waals surface area contributed by atoms with Crippen LogP contribution in [0.3, 0.4) is 0 Å². The number of likely N-dealkylation sites (tertiary alicyclic amines) is 1. The highest BCUT2D eigenvalue weighted by atomic mass is 32.1. The zero-order valence-corrected chi connectivity index (χ0v) is 15.8. The van der Waals surface area contributed by atoms with Gasteiger partial charge in [-0.05, 0) is 25.5 Å². The van der Waals surface area contributed by atoms with Gasteiger partial charge in [-0.15, -0.1) is 11.3 Å². The first kappa shape index (κ1) is 18.5. The SMILES string of the molecule is Cc1ncsc1CCNC(=O)C1CCC(=O)N(CCc2ccccn2)C1. The summed E-state index contributed by atoms with van der Waals surface area (Å²) in [6.45, 7) is 3.71. The predicted octanol–water partition coefficient (Wildman–Crippen LogP) is 1.99. The summed E-state index contributed by atoms with van der Waals surface area (Å²) in [6, 6.07) is 5.78. The van der Waals surface area contributed by atoms with Crippen LogP contribution in [0.2, 0.25) is 0 Å². The third kappa shape index (κ3) is 4.88. The first-order chi connectivity index (χ1) is 12.6. The van der Waals surface area contributed by atoms with Gasteiger partial charge in [-0.2, -0.15) is 0 Å². The lowest BCUT2D eigenvalue weighted by molar-refractivity contribution is -0.138. The molecule has 138 valence electrons. The Hall–Kier alpha value is -2.28. The zero-order chi connectivity index (χ0) is 18.4. The van der Waals surface area contributed by atoms with Crippen LogP contribution in [0.1, 0.15) is 29.1 Å². The van der Waals surface area contributed by atoms with Crippen LogP contribution in [0.5, 0.6) is 0 Å². The van der Waals surface area contributed by atoms with Crippen LogP contribution in [-0.4, -0.2) is 46.3 Å². The average Bonchev–Trinajstić information content (AvgIpc) is 3.07. The predicted molar refractivity (Wildman–Crippen MR) is 101 cm³/mol. The second-order valence-electron chi connectivity index (χ2n) is 6.55. The van der Waals surface area contributed by atoms with Crippen molar-refractivity contribution in [3.05, 3.63) is 46.2 Å². The molecule has 2 amide bonds. The number of aromatic nitrogens is 2. The Balaban J connectivity index is 1.46. The standard InChI is InChI=1S/C19H24N4O2S/c1-14-17(26-13-22-14)7-10-21-19(25)15-5-6-18(24)23(12-15)11-8-16-4-2-3-9-20-16/h2-4,9,13,15H,5-8,10-12H2,1H3,(H,21,25). The molecule has 0 bridgehead atoms. The van der Waals surface area contributed by atoms with Gasteiger partial charge in [0.2, 0.25) is 11.8 Å². The third-order valence-corrected chi connectivity index (χ3v) is 5.73. The quantitative estimate of drug-likeness (QED) is 0.806. The minimum Gasteiger partial charge on any atom is -0.355 e. The molecule has 0 spiro atoms. The topological polar surface area (TPSA) is 75.2 Å². The molecule has 0 saturated carbocycles. The van der Waals surface area contributed by atoms with Crippen LogP contribution in [0.4, 0.5) is 0 Å². The smallest absolute Gasteiger partial charge is 0.224 e. The number of hydrogen-bond donors (Lipinski definition) is 1. The number of thiazole rings is 1. The molecule has 2 aromatic rings. The Bertz CT molecular complexity index is 747. The summed E-state index contributed by atoms with van der Waals surface area (Å²) in [7, 11) is 0. The summed E-state index contributed by atoms with van der Waals surface area (Å²) in [5, 5.41) is 3.02. The van der Waals surface area contributed by atoms with Crippen molar-refractivity contribution in [1.82, 2.24) is 20.2 Å². The van der Waals surface area contributed by atoms with E-state index in [9.17, 15) is 9.59 Å². The number of carbonyl (C=O) groups is 2. The van der Waals surface area contributed by atoms with Gasteiger partial charge in [-0.1, -0.05) is 6.07 Å². The summed E-state index contributed by atoms with van der Waals surface area (Å²) in [6.07, 6.45) is 4.34. The maximum absolute atomic E-state index is 12.5. The lowest BCUT2D eigenvalue weighted by Crippen LogP contribution is -2.46. The van der Waals surface area contributed by atoms with Gasteiger partial charge in [-0.3, -0.25) is 14.6 Å². The molecular weight excluding hydrogens is 348 g/mol. The number of rotatable bonds is 7. The number of amides is 2. The van der Waals surface area contributed by atoms with E-state index >= 15 is 0 Å². The first-order valence-electron chi connectivity index (χ1n) is 8.98. The molecule has 0 aliphatic carbocycles. The molecule has 0 radical (unpaired) electrons. The Kier molecular flexibility index (Phi) is 6.33. The van der Waals surface area contributed by atoms with E-state index < -0.39 is 0 Å². The van der Waals surface area contributed by atoms with Crippen molar-refractivity contribution in [2.75, 3.05) is 19.6 Å². The first-order valence-corrected chi connectivity index (χ1v) is 9.86. The minimum atomic E-state index is -0.126. The molecule has 2 aromatic heterocycles. The fraction of sp³-hybridized carbons (Fsp3) is 0.474. The van der Waals surface area contributed by atoms with E-state index in [-0.39, 0.29) is 17.7 Å². The summed E-state index contributed by atoms with van der Waals surface area (Å²) in [4.78, 5) is 36.2. The highest BCUT2D eigenvalue weighted by Gasteiger charge is 2.29. The molecular formula is C19H24N4O2S. The number of nitrogens with one attached hydrogen (secondary N) is 1. The van der Waals surface area contributed by atoms with Crippen LogP contribution < -0.4 is 5.32 Å². The van der Waals surface area contributed by atoms with Crippen molar-refractivity contribution < 1.29 is 9.59 Å². The lowest BCUT2D eigenvalue weighted by Gasteiger charge is -2.32. The summed E-state index contributed by atoms with van der Waals surface area (Å²) in [5.41, 5.74) is 3.83. The number of piperidine rings is 1. The molecule has 0 aromatic carbocycles. The van der Waals surface area contributed by atoms with Gasteiger partial charge in [0.05, 0.1) is 17.1 Å². The van der Waals surface area contributed by atoms with Crippen LogP contribution >= 0.6 is 11.3 Å². The number of hydrogen-bond acceptors (Lipinski definition) is 5. The van der Waals surface area contributed by atoms with Gasteiger partial charge >= 0.3 is 0 Å². The van der Waals surface area contributed by atoms with Crippen molar-refractivity contribution in [2.24, 2.45) is 5.92 Å². The second-order valence-corrected chi connectivity index (χ2v) is 7.49. The van der Waals surface area contributed by atoms with Gasteiger partial charge in [0.1, 0.15) is 0 Å². The zero-order valence-electron chi connectivity index (χ0n) is 15.0. The fourth-order valence-electron chi connectivity index (χ4n) is 3.15. The second kappa shape index (κ2) is 8.89. The molecule has 1 fully saturated rings. The molecule has 1 atom stereocenters. The molecule has 6 nitrogen and oxygen atoms in total. The summed E-state index contributed by atoms with van der Waals surface area (Å²) >= 11 is 1.62. The van der Waals surface area contributed by atoms with E-state index in [4.69, 9.17) is 0 Å². The highest BCUT2D eigenvalue weighted by Crippen LogP contribution is 2.18. The van der Waals surface area contributed by atoms with Crippen LogP contribution in [0.15, 0.2) is 29.9 Å². The number of aryl methyl sites for hydroxylation is 1. The molecule has 1 aliphatic rings. The lowest BCUT2D eigenvalue weighted by atomic mass is 9.96. The molecule has 1 unspecified atom stereocenters. The highest BCUT2D eigenvalue weighted by molar-refractivity contribution is 7.09. The van der Waals surface area contributed by atoms with Crippen LogP contribution in [0, 0.1) is 12.8 Å². The van der Waals surface area contributed by atoms with Crippen LogP contribution in [0.25, 0.3) is 0 Å². The minimum absolute atomic E-state index is 0.0440. The molecule has 26 heavy (non-hydrogen) atoms. The van der Waals surface area contributed by atoms with E-state index in [1.807, 2.05) is 30.6 Å². The van der Waals surface area contributed by atoms with E-state index in [2.05, 4.69) is 15.3 Å². The van der Waals surface area contributed by atoms with Gasteiger partial charge in [0.25, 0.3) is 0 Å². The Morgan fingerprint density at radius 1 is 1.35 bits per heavy atom. The van der Waals surface area contributed by atoms with Crippen molar-refractivity contribution in [2.45, 2.75) is 32.6 Å². The maximum atomic E-state index is 12.5. The number of pyridine rings is 1. The summed E-state index contributed by atoms with van der Waals surface area (Å²) < 4.78 is 0. The number of carbonyl (C=O) groups excluding carboxylic acids is 2.